The molecule has 3 aromatic heterocycles. The van der Waals surface area contributed by atoms with E-state index in [0.717, 1.165) is 11.4 Å². The van der Waals surface area contributed by atoms with Gasteiger partial charge in [0.05, 0.1) is 10.6 Å². The van der Waals surface area contributed by atoms with Gasteiger partial charge in [-0.2, -0.15) is 5.10 Å². The standard InChI is InChI=1S/C14H13N7O2/c1-9-7-10(2)20(19-9)14-12(21(22)23)13(16-8-17-14)18-11-3-5-15-6-4-11/h3-8H,1-2H3,(H,15,16,17,18). The van der Waals surface area contributed by atoms with Crippen LogP contribution in [0.4, 0.5) is 17.2 Å². The van der Waals surface area contributed by atoms with E-state index in [1.54, 1.807) is 24.5 Å². The molecule has 23 heavy (non-hydrogen) atoms. The minimum atomic E-state index is -0.519. The minimum Gasteiger partial charge on any atom is -0.334 e. The lowest BCUT2D eigenvalue weighted by atomic mass is 10.3. The van der Waals surface area contributed by atoms with Gasteiger partial charge in [-0.15, -0.1) is 0 Å². The SMILES string of the molecule is Cc1cc(C)n(-c2ncnc(Nc3ccncc3)c2[N+](=O)[O-])n1. The van der Waals surface area contributed by atoms with Crippen LogP contribution in [0, 0.1) is 24.0 Å². The largest absolute Gasteiger partial charge is 0.355 e. The first-order valence-corrected chi connectivity index (χ1v) is 6.76. The number of hydrogen-bond acceptors (Lipinski definition) is 7. The fourth-order valence-electron chi connectivity index (χ4n) is 2.20. The van der Waals surface area contributed by atoms with Gasteiger partial charge in [0.1, 0.15) is 6.33 Å². The van der Waals surface area contributed by atoms with Crippen molar-refractivity contribution in [2.45, 2.75) is 13.8 Å². The first kappa shape index (κ1) is 14.6. The number of nitrogens with zero attached hydrogens (tertiary/aromatic N) is 6. The fourth-order valence-corrected chi connectivity index (χ4v) is 2.20. The molecule has 0 saturated heterocycles. The maximum absolute atomic E-state index is 11.6. The van der Waals surface area contributed by atoms with E-state index in [0.29, 0.717) is 5.69 Å². The van der Waals surface area contributed by atoms with Gasteiger partial charge in [0.25, 0.3) is 0 Å². The number of rotatable bonds is 4. The predicted octanol–water partition coefficient (Wildman–Crippen LogP) is 2.33. The Labute approximate surface area is 131 Å². The Morgan fingerprint density at radius 3 is 2.57 bits per heavy atom. The average Bonchev–Trinajstić information content (AvgIpc) is 2.86. The molecule has 0 aliphatic carbocycles. The highest BCUT2D eigenvalue weighted by molar-refractivity contribution is 5.69. The Hall–Kier alpha value is -3.36. The first-order valence-electron chi connectivity index (χ1n) is 6.76. The lowest BCUT2D eigenvalue weighted by Gasteiger charge is -2.09. The van der Waals surface area contributed by atoms with Gasteiger partial charge in [0.15, 0.2) is 0 Å². The summed E-state index contributed by atoms with van der Waals surface area (Å²) in [6.45, 7) is 3.62. The summed E-state index contributed by atoms with van der Waals surface area (Å²) in [7, 11) is 0. The predicted molar refractivity (Wildman–Crippen MR) is 82.8 cm³/mol. The fraction of sp³-hybridized carbons (Fsp3) is 0.143. The Kier molecular flexibility index (Phi) is 3.67. The molecule has 9 nitrogen and oxygen atoms in total. The third-order valence-corrected chi connectivity index (χ3v) is 3.14. The van der Waals surface area contributed by atoms with E-state index < -0.39 is 4.92 Å². The molecule has 0 radical (unpaired) electrons. The van der Waals surface area contributed by atoms with Crippen LogP contribution in [0.3, 0.4) is 0 Å². The van der Waals surface area contributed by atoms with Crippen LogP contribution in [0.5, 0.6) is 0 Å². The maximum atomic E-state index is 11.6. The molecule has 0 spiro atoms. The van der Waals surface area contributed by atoms with Crippen molar-refractivity contribution in [2.75, 3.05) is 5.32 Å². The van der Waals surface area contributed by atoms with Crippen LogP contribution < -0.4 is 5.32 Å². The molecule has 0 bridgehead atoms. The molecule has 0 aromatic carbocycles. The third kappa shape index (κ3) is 2.84. The zero-order valence-corrected chi connectivity index (χ0v) is 12.5. The van der Waals surface area contributed by atoms with Crippen molar-refractivity contribution in [1.82, 2.24) is 24.7 Å². The number of anilines is 2. The van der Waals surface area contributed by atoms with Crippen LogP contribution in [0.1, 0.15) is 11.4 Å². The quantitative estimate of drug-likeness (QED) is 0.581. The van der Waals surface area contributed by atoms with Gasteiger partial charge in [-0.25, -0.2) is 14.6 Å². The molecule has 0 atom stereocenters. The van der Waals surface area contributed by atoms with Gasteiger partial charge < -0.3 is 5.32 Å². The molecule has 1 N–H and O–H groups in total. The number of nitrogens with one attached hydrogen (secondary N) is 1. The van der Waals surface area contributed by atoms with Gasteiger partial charge in [-0.3, -0.25) is 15.1 Å². The van der Waals surface area contributed by atoms with Crippen molar-refractivity contribution in [2.24, 2.45) is 0 Å². The van der Waals surface area contributed by atoms with Crippen molar-refractivity contribution < 1.29 is 4.92 Å². The zero-order chi connectivity index (χ0) is 16.4. The Balaban J connectivity index is 2.13. The Morgan fingerprint density at radius 2 is 1.96 bits per heavy atom. The summed E-state index contributed by atoms with van der Waals surface area (Å²) in [5.41, 5.74) is 1.90. The summed E-state index contributed by atoms with van der Waals surface area (Å²) >= 11 is 0. The van der Waals surface area contributed by atoms with Crippen LogP contribution >= 0.6 is 0 Å². The molecule has 0 aliphatic rings. The second-order valence-electron chi connectivity index (χ2n) is 4.85. The molecular weight excluding hydrogens is 298 g/mol. The summed E-state index contributed by atoms with van der Waals surface area (Å²) in [6.07, 6.45) is 4.43. The molecule has 3 rings (SSSR count). The average molecular weight is 311 g/mol. The lowest BCUT2D eigenvalue weighted by Crippen LogP contribution is -2.09. The van der Waals surface area contributed by atoms with Crippen molar-refractivity contribution in [3.8, 4) is 5.82 Å². The highest BCUT2D eigenvalue weighted by Crippen LogP contribution is 2.30. The van der Waals surface area contributed by atoms with Crippen molar-refractivity contribution in [3.05, 3.63) is 58.4 Å². The van der Waals surface area contributed by atoms with Crippen LogP contribution in [0.15, 0.2) is 36.9 Å². The highest BCUT2D eigenvalue weighted by atomic mass is 16.6. The lowest BCUT2D eigenvalue weighted by molar-refractivity contribution is -0.384. The molecule has 0 unspecified atom stereocenters. The van der Waals surface area contributed by atoms with Crippen LogP contribution in [-0.2, 0) is 0 Å². The molecule has 9 heteroatoms. The topological polar surface area (TPSA) is 112 Å². The molecule has 0 saturated carbocycles. The molecule has 3 aromatic rings. The van der Waals surface area contributed by atoms with Gasteiger partial charge >= 0.3 is 5.69 Å². The minimum absolute atomic E-state index is 0.0961. The van der Waals surface area contributed by atoms with E-state index in [4.69, 9.17) is 0 Å². The molecule has 0 amide bonds. The normalized spacial score (nSPS) is 10.5. The van der Waals surface area contributed by atoms with Crippen molar-refractivity contribution in [3.63, 3.8) is 0 Å². The van der Waals surface area contributed by atoms with Gasteiger partial charge in [-0.05, 0) is 32.0 Å². The zero-order valence-electron chi connectivity index (χ0n) is 12.5. The number of aromatic nitrogens is 5. The van der Waals surface area contributed by atoms with E-state index >= 15 is 0 Å². The van der Waals surface area contributed by atoms with Gasteiger partial charge in [0.2, 0.25) is 11.6 Å². The van der Waals surface area contributed by atoms with Crippen LogP contribution in [0.25, 0.3) is 5.82 Å². The summed E-state index contributed by atoms with van der Waals surface area (Å²) in [4.78, 5) is 23.0. The van der Waals surface area contributed by atoms with E-state index in [1.807, 2.05) is 19.9 Å². The summed E-state index contributed by atoms with van der Waals surface area (Å²) in [6, 6.07) is 5.20. The second-order valence-corrected chi connectivity index (χ2v) is 4.85. The molecule has 0 aliphatic heterocycles. The van der Waals surface area contributed by atoms with Crippen LogP contribution in [-0.4, -0.2) is 29.7 Å². The van der Waals surface area contributed by atoms with Crippen LogP contribution in [0.2, 0.25) is 0 Å². The Morgan fingerprint density at radius 1 is 1.22 bits per heavy atom. The van der Waals surface area contributed by atoms with E-state index in [2.05, 4.69) is 25.4 Å². The number of hydrogen-bond donors (Lipinski definition) is 1. The second kappa shape index (κ2) is 5.79. The molecule has 3 heterocycles. The van der Waals surface area contributed by atoms with Crippen molar-refractivity contribution in [1.29, 1.82) is 0 Å². The van der Waals surface area contributed by atoms with Crippen molar-refractivity contribution >= 4 is 17.2 Å². The molecule has 116 valence electrons. The van der Waals surface area contributed by atoms with E-state index in [9.17, 15) is 10.1 Å². The maximum Gasteiger partial charge on any atom is 0.355 e. The monoisotopic (exact) mass is 311 g/mol. The number of nitro groups is 1. The van der Waals surface area contributed by atoms with Gasteiger partial charge in [0, 0.05) is 23.8 Å². The number of pyridine rings is 1. The molecule has 0 fully saturated rings. The first-order chi connectivity index (χ1) is 11.1. The molecular formula is C14H13N7O2. The summed E-state index contributed by atoms with van der Waals surface area (Å²) in [5.74, 6) is 0.214. The number of aryl methyl sites for hydroxylation is 2. The Bertz CT molecular complexity index is 861. The highest BCUT2D eigenvalue weighted by Gasteiger charge is 2.25. The summed E-state index contributed by atoms with van der Waals surface area (Å²) in [5, 5.41) is 18.7. The smallest absolute Gasteiger partial charge is 0.334 e. The van der Waals surface area contributed by atoms with E-state index in [1.165, 1.54) is 11.0 Å². The van der Waals surface area contributed by atoms with E-state index in [-0.39, 0.29) is 17.3 Å². The summed E-state index contributed by atoms with van der Waals surface area (Å²) < 4.78 is 1.44. The third-order valence-electron chi connectivity index (χ3n) is 3.14. The van der Waals surface area contributed by atoms with Gasteiger partial charge in [-0.1, -0.05) is 0 Å².